The van der Waals surface area contributed by atoms with Gasteiger partial charge in [-0.15, -0.1) is 0 Å². The van der Waals surface area contributed by atoms with E-state index in [-0.39, 0.29) is 5.91 Å². The van der Waals surface area contributed by atoms with Crippen LogP contribution in [-0.4, -0.2) is 54.1 Å². The van der Waals surface area contributed by atoms with Crippen molar-refractivity contribution in [3.8, 4) is 5.75 Å². The Balaban J connectivity index is 1.55. The maximum Gasteiger partial charge on any atom is 0.254 e. The molecule has 1 fully saturated rings. The fraction of sp³-hybridized carbons (Fsp3) is 0.346. The van der Waals surface area contributed by atoms with Gasteiger partial charge in [0.05, 0.1) is 7.11 Å². The van der Waals surface area contributed by atoms with Crippen LogP contribution >= 0.6 is 23.2 Å². The first-order valence-electron chi connectivity index (χ1n) is 11.3. The van der Waals surface area contributed by atoms with Gasteiger partial charge in [-0.2, -0.15) is 0 Å². The summed E-state index contributed by atoms with van der Waals surface area (Å²) in [6.45, 7) is 6.71. The molecule has 1 aliphatic rings. The Bertz CT molecular complexity index is 1160. The summed E-state index contributed by atoms with van der Waals surface area (Å²) in [6.07, 6.45) is 1.57. The highest BCUT2D eigenvalue weighted by molar-refractivity contribution is 6.35. The number of rotatable bonds is 5. The molecular weight excluding hydrogens is 471 g/mol. The molecule has 6 nitrogen and oxygen atoms in total. The van der Waals surface area contributed by atoms with Crippen LogP contribution in [0.15, 0.2) is 42.5 Å². The van der Waals surface area contributed by atoms with E-state index in [1.807, 2.05) is 30.9 Å². The molecule has 0 bridgehead atoms. The molecule has 0 spiro atoms. The van der Waals surface area contributed by atoms with Gasteiger partial charge in [0.1, 0.15) is 17.4 Å². The summed E-state index contributed by atoms with van der Waals surface area (Å²) in [4.78, 5) is 26.7. The van der Waals surface area contributed by atoms with Gasteiger partial charge in [-0.1, -0.05) is 35.3 Å². The third-order valence-corrected chi connectivity index (χ3v) is 6.47. The highest BCUT2D eigenvalue weighted by Crippen LogP contribution is 2.27. The number of halogens is 2. The van der Waals surface area contributed by atoms with Crippen LogP contribution in [0.4, 0.5) is 5.82 Å². The summed E-state index contributed by atoms with van der Waals surface area (Å²) in [7, 11) is 1.67. The molecule has 0 unspecified atom stereocenters. The zero-order valence-corrected chi connectivity index (χ0v) is 21.2. The molecule has 0 saturated carbocycles. The third-order valence-electron chi connectivity index (χ3n) is 6.04. The average Bonchev–Trinajstić information content (AvgIpc) is 3.06. The monoisotopic (exact) mass is 498 g/mol. The lowest BCUT2D eigenvalue weighted by atomic mass is 10.0. The van der Waals surface area contributed by atoms with Gasteiger partial charge in [0.15, 0.2) is 0 Å². The molecule has 34 heavy (non-hydrogen) atoms. The molecule has 3 aromatic rings. The van der Waals surface area contributed by atoms with Crippen molar-refractivity contribution in [3.05, 3.63) is 80.7 Å². The standard InChI is InChI=1S/C26H28Cl2N4O2/c1-17-24(13-19-5-7-23(34-3)8-6-19)25(30-18(2)29-17)31-9-4-10-32(12-11-31)26(33)20-14-21(27)16-22(28)15-20/h5-8,14-16H,4,9-13H2,1-3H3. The Hall–Kier alpha value is -2.83. The largest absolute Gasteiger partial charge is 0.497 e. The van der Waals surface area contributed by atoms with Crippen molar-refractivity contribution >= 4 is 34.9 Å². The van der Waals surface area contributed by atoms with Crippen LogP contribution < -0.4 is 9.64 Å². The molecule has 1 aromatic heterocycles. The Kier molecular flexibility index (Phi) is 7.59. The van der Waals surface area contributed by atoms with E-state index < -0.39 is 0 Å². The number of carbonyl (C=O) groups is 1. The molecule has 2 aromatic carbocycles. The maximum atomic E-state index is 13.1. The van der Waals surface area contributed by atoms with E-state index in [9.17, 15) is 4.79 Å². The topological polar surface area (TPSA) is 58.6 Å². The summed E-state index contributed by atoms with van der Waals surface area (Å²) < 4.78 is 5.29. The number of aryl methyl sites for hydroxylation is 2. The minimum atomic E-state index is -0.0558. The van der Waals surface area contributed by atoms with Gasteiger partial charge in [-0.25, -0.2) is 9.97 Å². The lowest BCUT2D eigenvalue weighted by Crippen LogP contribution is -2.35. The molecule has 0 atom stereocenters. The predicted octanol–water partition coefficient (Wildman–Crippen LogP) is 5.35. The van der Waals surface area contributed by atoms with Gasteiger partial charge in [-0.05, 0) is 56.2 Å². The molecule has 1 amide bonds. The van der Waals surface area contributed by atoms with Gasteiger partial charge in [-0.3, -0.25) is 4.79 Å². The van der Waals surface area contributed by atoms with E-state index in [1.54, 1.807) is 25.3 Å². The number of hydrogen-bond acceptors (Lipinski definition) is 5. The lowest BCUT2D eigenvalue weighted by Gasteiger charge is -2.26. The molecular formula is C26H28Cl2N4O2. The van der Waals surface area contributed by atoms with Gasteiger partial charge in [0.25, 0.3) is 5.91 Å². The molecule has 1 saturated heterocycles. The van der Waals surface area contributed by atoms with E-state index in [0.717, 1.165) is 48.0 Å². The van der Waals surface area contributed by atoms with Crippen molar-refractivity contribution in [3.63, 3.8) is 0 Å². The summed E-state index contributed by atoms with van der Waals surface area (Å²) in [5.74, 6) is 2.47. The van der Waals surface area contributed by atoms with Crippen molar-refractivity contribution < 1.29 is 9.53 Å². The second-order valence-corrected chi connectivity index (χ2v) is 9.35. The van der Waals surface area contributed by atoms with E-state index in [4.69, 9.17) is 32.9 Å². The molecule has 8 heteroatoms. The Morgan fingerprint density at radius 2 is 1.68 bits per heavy atom. The minimum Gasteiger partial charge on any atom is -0.497 e. The van der Waals surface area contributed by atoms with Crippen LogP contribution in [0.25, 0.3) is 0 Å². The van der Waals surface area contributed by atoms with Crippen LogP contribution in [0.2, 0.25) is 10.0 Å². The number of carbonyl (C=O) groups excluding carboxylic acids is 1. The number of nitrogens with zero attached hydrogens (tertiary/aromatic N) is 4. The number of aromatic nitrogens is 2. The van der Waals surface area contributed by atoms with Gasteiger partial charge >= 0.3 is 0 Å². The van der Waals surface area contributed by atoms with Crippen molar-refractivity contribution in [1.29, 1.82) is 0 Å². The number of anilines is 1. The van der Waals surface area contributed by atoms with Gasteiger partial charge in [0, 0.05) is 59.5 Å². The first-order chi connectivity index (χ1) is 16.3. The summed E-state index contributed by atoms with van der Waals surface area (Å²) >= 11 is 12.2. The van der Waals surface area contributed by atoms with E-state index in [0.29, 0.717) is 35.2 Å². The first-order valence-corrected chi connectivity index (χ1v) is 12.1. The SMILES string of the molecule is COc1ccc(Cc2c(C)nc(C)nc2N2CCCN(C(=O)c3cc(Cl)cc(Cl)c3)CC2)cc1. The molecule has 0 aliphatic carbocycles. The van der Waals surface area contributed by atoms with Crippen LogP contribution in [0.3, 0.4) is 0 Å². The van der Waals surface area contributed by atoms with Crippen molar-refractivity contribution in [2.75, 3.05) is 38.2 Å². The van der Waals surface area contributed by atoms with Crippen LogP contribution in [0, 0.1) is 13.8 Å². The second-order valence-electron chi connectivity index (χ2n) is 8.47. The smallest absolute Gasteiger partial charge is 0.254 e. The highest BCUT2D eigenvalue weighted by atomic mass is 35.5. The van der Waals surface area contributed by atoms with Crippen molar-refractivity contribution in [2.45, 2.75) is 26.7 Å². The normalized spacial score (nSPS) is 14.1. The van der Waals surface area contributed by atoms with E-state index in [1.165, 1.54) is 5.56 Å². The summed E-state index contributed by atoms with van der Waals surface area (Å²) in [5.41, 5.74) is 3.77. The molecule has 178 valence electrons. The van der Waals surface area contributed by atoms with Crippen molar-refractivity contribution in [1.82, 2.24) is 14.9 Å². The van der Waals surface area contributed by atoms with Crippen LogP contribution in [0.1, 0.15) is 39.4 Å². The van der Waals surface area contributed by atoms with Gasteiger partial charge in [0.2, 0.25) is 0 Å². The number of amides is 1. The van der Waals surface area contributed by atoms with E-state index >= 15 is 0 Å². The molecule has 0 N–H and O–H groups in total. The summed E-state index contributed by atoms with van der Waals surface area (Å²) in [5, 5.41) is 0.921. The number of ether oxygens (including phenoxy) is 1. The first kappa shape index (κ1) is 24.3. The molecule has 4 rings (SSSR count). The number of benzene rings is 2. The Morgan fingerprint density at radius 1 is 0.971 bits per heavy atom. The molecule has 2 heterocycles. The third kappa shape index (κ3) is 5.62. The number of methoxy groups -OCH3 is 1. The average molecular weight is 499 g/mol. The zero-order valence-electron chi connectivity index (χ0n) is 19.6. The summed E-state index contributed by atoms with van der Waals surface area (Å²) in [6, 6.07) is 13.1. The minimum absolute atomic E-state index is 0.0558. The Labute approximate surface area is 210 Å². The fourth-order valence-electron chi connectivity index (χ4n) is 4.33. The highest BCUT2D eigenvalue weighted by Gasteiger charge is 2.24. The molecule has 0 radical (unpaired) electrons. The Morgan fingerprint density at radius 3 is 2.35 bits per heavy atom. The fourth-order valence-corrected chi connectivity index (χ4v) is 4.85. The van der Waals surface area contributed by atoms with E-state index in [2.05, 4.69) is 22.0 Å². The maximum absolute atomic E-state index is 13.1. The van der Waals surface area contributed by atoms with Crippen molar-refractivity contribution in [2.24, 2.45) is 0 Å². The molecule has 1 aliphatic heterocycles. The van der Waals surface area contributed by atoms with Gasteiger partial charge < -0.3 is 14.5 Å². The quantitative estimate of drug-likeness (QED) is 0.474. The zero-order chi connectivity index (χ0) is 24.2. The lowest BCUT2D eigenvalue weighted by molar-refractivity contribution is 0.0767. The second kappa shape index (κ2) is 10.6. The van der Waals surface area contributed by atoms with Crippen LogP contribution in [0.5, 0.6) is 5.75 Å². The van der Waals surface area contributed by atoms with Crippen LogP contribution in [-0.2, 0) is 6.42 Å². The number of hydrogen-bond donors (Lipinski definition) is 0. The predicted molar refractivity (Wildman–Crippen MR) is 137 cm³/mol.